The van der Waals surface area contributed by atoms with Crippen LogP contribution in [0.5, 0.6) is 0 Å². The summed E-state index contributed by atoms with van der Waals surface area (Å²) in [5, 5.41) is 0. The van der Waals surface area contributed by atoms with Crippen LogP contribution in [0.4, 0.5) is 0 Å². The SMILES string of the molecule is O=C1/C=C\C(=O)OCCCCCCCCCO1. The van der Waals surface area contributed by atoms with E-state index in [-0.39, 0.29) is 0 Å². The molecule has 96 valence electrons. The zero-order valence-corrected chi connectivity index (χ0v) is 10.2. The van der Waals surface area contributed by atoms with E-state index in [1.807, 2.05) is 0 Å². The number of hydrogen-bond acceptors (Lipinski definition) is 4. The molecule has 0 bridgehead atoms. The van der Waals surface area contributed by atoms with Crippen molar-refractivity contribution in [2.75, 3.05) is 13.2 Å². The van der Waals surface area contributed by atoms with Gasteiger partial charge in [-0.05, 0) is 12.8 Å². The van der Waals surface area contributed by atoms with Crippen molar-refractivity contribution >= 4 is 11.9 Å². The molecule has 0 radical (unpaired) electrons. The molecule has 1 aliphatic rings. The van der Waals surface area contributed by atoms with E-state index in [4.69, 9.17) is 9.47 Å². The summed E-state index contributed by atoms with van der Waals surface area (Å²) in [5.74, 6) is -0.950. The number of hydrogen-bond donors (Lipinski definition) is 0. The Morgan fingerprint density at radius 3 is 1.41 bits per heavy atom. The fourth-order valence-corrected chi connectivity index (χ4v) is 1.67. The van der Waals surface area contributed by atoms with Crippen LogP contribution in [0.25, 0.3) is 0 Å². The summed E-state index contributed by atoms with van der Waals surface area (Å²) in [4.78, 5) is 22.3. The minimum absolute atomic E-state index is 0.429. The fraction of sp³-hybridized carbons (Fsp3) is 0.692. The summed E-state index contributed by atoms with van der Waals surface area (Å²) in [6, 6.07) is 0. The van der Waals surface area contributed by atoms with Gasteiger partial charge in [-0.3, -0.25) is 0 Å². The molecule has 0 unspecified atom stereocenters. The van der Waals surface area contributed by atoms with E-state index in [2.05, 4.69) is 0 Å². The molecule has 0 aliphatic carbocycles. The molecular formula is C13H20O4. The summed E-state index contributed by atoms with van der Waals surface area (Å²) in [6.07, 6.45) is 9.76. The molecule has 1 aliphatic heterocycles. The molecule has 0 N–H and O–H groups in total. The zero-order chi connectivity index (χ0) is 12.3. The first-order chi connectivity index (χ1) is 8.29. The highest BCUT2D eigenvalue weighted by atomic mass is 16.5. The van der Waals surface area contributed by atoms with Crippen molar-refractivity contribution in [3.05, 3.63) is 12.2 Å². The van der Waals surface area contributed by atoms with Gasteiger partial charge in [-0.25, -0.2) is 9.59 Å². The average Bonchev–Trinajstić information content (AvgIpc) is 2.33. The zero-order valence-electron chi connectivity index (χ0n) is 10.2. The normalized spacial score (nSPS) is 22.8. The number of esters is 2. The molecule has 0 spiro atoms. The van der Waals surface area contributed by atoms with Crippen LogP contribution in [0, 0.1) is 0 Å². The van der Waals surface area contributed by atoms with Gasteiger partial charge in [0.05, 0.1) is 13.2 Å². The number of ether oxygens (including phenoxy) is 2. The third-order valence-electron chi connectivity index (χ3n) is 2.63. The highest BCUT2D eigenvalue weighted by Gasteiger charge is 2.02. The Morgan fingerprint density at radius 2 is 1.00 bits per heavy atom. The van der Waals surface area contributed by atoms with E-state index in [1.54, 1.807) is 0 Å². The monoisotopic (exact) mass is 240 g/mol. The molecule has 0 saturated carbocycles. The third-order valence-corrected chi connectivity index (χ3v) is 2.63. The lowest BCUT2D eigenvalue weighted by molar-refractivity contribution is -0.140. The standard InChI is InChI=1S/C13H20O4/c14-12-8-9-13(15)17-11-7-5-3-1-2-4-6-10-16-12/h8-9H,1-7,10-11H2/b9-8-. The smallest absolute Gasteiger partial charge is 0.331 e. The van der Waals surface area contributed by atoms with Crippen molar-refractivity contribution in [1.29, 1.82) is 0 Å². The fourth-order valence-electron chi connectivity index (χ4n) is 1.67. The lowest BCUT2D eigenvalue weighted by Crippen LogP contribution is -2.05. The Morgan fingerprint density at radius 1 is 0.647 bits per heavy atom. The predicted octanol–water partition coefficient (Wildman–Crippen LogP) is 2.37. The van der Waals surface area contributed by atoms with Gasteiger partial charge in [0, 0.05) is 12.2 Å². The van der Waals surface area contributed by atoms with Gasteiger partial charge in [-0.1, -0.05) is 32.1 Å². The molecule has 0 atom stereocenters. The lowest BCUT2D eigenvalue weighted by Gasteiger charge is -2.02. The second-order valence-corrected chi connectivity index (χ2v) is 4.14. The van der Waals surface area contributed by atoms with E-state index in [0.29, 0.717) is 13.2 Å². The molecule has 4 nitrogen and oxygen atoms in total. The third kappa shape index (κ3) is 7.55. The maximum absolute atomic E-state index is 11.1. The van der Waals surface area contributed by atoms with Gasteiger partial charge in [-0.2, -0.15) is 0 Å². The Hall–Kier alpha value is -1.32. The quantitative estimate of drug-likeness (QED) is 0.610. The molecule has 1 heterocycles. The molecule has 17 heavy (non-hydrogen) atoms. The molecule has 0 aromatic carbocycles. The Kier molecular flexibility index (Phi) is 7.11. The van der Waals surface area contributed by atoms with Crippen LogP contribution in [0.3, 0.4) is 0 Å². The Balaban J connectivity index is 2.34. The molecule has 0 amide bonds. The van der Waals surface area contributed by atoms with Crippen LogP contribution < -0.4 is 0 Å². The largest absolute Gasteiger partial charge is 0.463 e. The van der Waals surface area contributed by atoms with Crippen LogP contribution in [0.2, 0.25) is 0 Å². The first-order valence-corrected chi connectivity index (χ1v) is 6.30. The molecule has 4 heteroatoms. The second-order valence-electron chi connectivity index (χ2n) is 4.14. The van der Waals surface area contributed by atoms with E-state index in [9.17, 15) is 9.59 Å². The first-order valence-electron chi connectivity index (χ1n) is 6.30. The van der Waals surface area contributed by atoms with Crippen LogP contribution in [0.1, 0.15) is 44.9 Å². The van der Waals surface area contributed by atoms with Crippen molar-refractivity contribution in [2.45, 2.75) is 44.9 Å². The molecule has 0 aromatic rings. The van der Waals surface area contributed by atoms with E-state index in [0.717, 1.165) is 37.8 Å². The number of carbonyl (C=O) groups is 2. The maximum Gasteiger partial charge on any atom is 0.331 e. The van der Waals surface area contributed by atoms with Gasteiger partial charge in [0.2, 0.25) is 0 Å². The van der Waals surface area contributed by atoms with Crippen LogP contribution >= 0.6 is 0 Å². The topological polar surface area (TPSA) is 52.6 Å². The summed E-state index contributed by atoms with van der Waals surface area (Å²) in [7, 11) is 0. The predicted molar refractivity (Wildman–Crippen MR) is 63.4 cm³/mol. The number of rotatable bonds is 0. The molecular weight excluding hydrogens is 220 g/mol. The number of cyclic esters (lactones) is 2. The molecule has 0 fully saturated rings. The Labute approximate surface area is 102 Å². The van der Waals surface area contributed by atoms with Gasteiger partial charge < -0.3 is 9.47 Å². The van der Waals surface area contributed by atoms with Gasteiger partial charge >= 0.3 is 11.9 Å². The Bertz CT molecular complexity index is 245. The molecule has 0 aromatic heterocycles. The average molecular weight is 240 g/mol. The second kappa shape index (κ2) is 8.79. The minimum Gasteiger partial charge on any atom is -0.463 e. The lowest BCUT2D eigenvalue weighted by atomic mass is 10.1. The van der Waals surface area contributed by atoms with Crippen molar-refractivity contribution in [3.8, 4) is 0 Å². The van der Waals surface area contributed by atoms with E-state index >= 15 is 0 Å². The van der Waals surface area contributed by atoms with E-state index in [1.165, 1.54) is 19.3 Å². The van der Waals surface area contributed by atoms with Crippen molar-refractivity contribution in [3.63, 3.8) is 0 Å². The number of carbonyl (C=O) groups excluding carboxylic acids is 2. The van der Waals surface area contributed by atoms with Gasteiger partial charge in [0.1, 0.15) is 0 Å². The summed E-state index contributed by atoms with van der Waals surface area (Å²) < 4.78 is 9.87. The maximum atomic E-state index is 11.1. The van der Waals surface area contributed by atoms with Crippen LogP contribution in [-0.4, -0.2) is 25.2 Å². The molecule has 0 saturated heterocycles. The van der Waals surface area contributed by atoms with Crippen molar-refractivity contribution in [2.24, 2.45) is 0 Å². The summed E-state index contributed by atoms with van der Waals surface area (Å²) in [5.41, 5.74) is 0. The summed E-state index contributed by atoms with van der Waals surface area (Å²) in [6.45, 7) is 0.858. The molecule has 1 rings (SSSR count). The van der Waals surface area contributed by atoms with Crippen molar-refractivity contribution < 1.29 is 19.1 Å². The van der Waals surface area contributed by atoms with E-state index < -0.39 is 11.9 Å². The van der Waals surface area contributed by atoms with Crippen molar-refractivity contribution in [1.82, 2.24) is 0 Å². The first kappa shape index (κ1) is 13.7. The van der Waals surface area contributed by atoms with Crippen LogP contribution in [0.15, 0.2) is 12.2 Å². The highest BCUT2D eigenvalue weighted by Crippen LogP contribution is 2.08. The van der Waals surface area contributed by atoms with Gasteiger partial charge in [-0.15, -0.1) is 0 Å². The van der Waals surface area contributed by atoms with Gasteiger partial charge in [0.25, 0.3) is 0 Å². The highest BCUT2D eigenvalue weighted by molar-refractivity contribution is 5.91. The van der Waals surface area contributed by atoms with Crippen LogP contribution in [-0.2, 0) is 19.1 Å². The minimum atomic E-state index is -0.475. The summed E-state index contributed by atoms with van der Waals surface area (Å²) >= 11 is 0. The van der Waals surface area contributed by atoms with Gasteiger partial charge in [0.15, 0.2) is 0 Å².